The number of carbonyl (C=O) groups is 4. The van der Waals surface area contributed by atoms with E-state index in [0.29, 0.717) is 10.7 Å². The van der Waals surface area contributed by atoms with Crippen molar-refractivity contribution in [3.8, 4) is 0 Å². The number of anilines is 1. The van der Waals surface area contributed by atoms with Crippen LogP contribution in [0, 0.1) is 0 Å². The van der Waals surface area contributed by atoms with Gasteiger partial charge in [-0.3, -0.25) is 19.3 Å². The van der Waals surface area contributed by atoms with Crippen LogP contribution in [0.25, 0.3) is 0 Å². The quantitative estimate of drug-likeness (QED) is 0.586. The number of carbonyl (C=O) groups excluding carboxylic acids is 4. The van der Waals surface area contributed by atoms with Crippen LogP contribution in [0.3, 0.4) is 0 Å². The molecule has 0 saturated carbocycles. The first-order valence-electron chi connectivity index (χ1n) is 7.54. The van der Waals surface area contributed by atoms with Crippen LogP contribution in [-0.2, 0) is 19.1 Å². The van der Waals surface area contributed by atoms with Gasteiger partial charge in [0.15, 0.2) is 6.61 Å². The van der Waals surface area contributed by atoms with Gasteiger partial charge in [-0.2, -0.15) is 0 Å². The second-order valence-electron chi connectivity index (χ2n) is 5.98. The van der Waals surface area contributed by atoms with Gasteiger partial charge in [0.05, 0.1) is 6.42 Å². The molecule has 134 valence electrons. The third-order valence-electron chi connectivity index (χ3n) is 3.48. The third kappa shape index (κ3) is 4.93. The summed E-state index contributed by atoms with van der Waals surface area (Å²) in [5.41, 5.74) is -0.466. The summed E-state index contributed by atoms with van der Waals surface area (Å²) in [5, 5.41) is 5.59. The summed E-state index contributed by atoms with van der Waals surface area (Å²) < 4.78 is 4.84. The SMILES string of the molecule is CC1(C)NC(=O)N(CCC(=O)OCC(=O)Nc2ccc(Cl)cc2)C1=O. The number of amides is 4. The number of nitrogens with zero attached hydrogens (tertiary/aromatic N) is 1. The van der Waals surface area contributed by atoms with E-state index in [9.17, 15) is 19.2 Å². The van der Waals surface area contributed by atoms with Crippen molar-refractivity contribution < 1.29 is 23.9 Å². The molecule has 0 atom stereocenters. The molecule has 4 amide bonds. The predicted octanol–water partition coefficient (Wildman–Crippen LogP) is 1.54. The highest BCUT2D eigenvalue weighted by Crippen LogP contribution is 2.17. The lowest BCUT2D eigenvalue weighted by molar-refractivity contribution is -0.147. The van der Waals surface area contributed by atoms with Gasteiger partial charge < -0.3 is 15.4 Å². The Morgan fingerprint density at radius 1 is 1.24 bits per heavy atom. The van der Waals surface area contributed by atoms with E-state index < -0.39 is 36.0 Å². The summed E-state index contributed by atoms with van der Waals surface area (Å²) in [7, 11) is 0. The van der Waals surface area contributed by atoms with Crippen LogP contribution in [0.4, 0.5) is 10.5 Å². The van der Waals surface area contributed by atoms with Gasteiger partial charge in [0.2, 0.25) is 0 Å². The Hall–Kier alpha value is -2.61. The molecule has 1 aliphatic rings. The van der Waals surface area contributed by atoms with Crippen LogP contribution in [0.15, 0.2) is 24.3 Å². The average Bonchev–Trinajstić information content (AvgIpc) is 2.73. The number of halogens is 1. The Morgan fingerprint density at radius 3 is 2.44 bits per heavy atom. The molecule has 0 unspecified atom stereocenters. The number of urea groups is 1. The Labute approximate surface area is 149 Å². The van der Waals surface area contributed by atoms with Crippen molar-refractivity contribution in [1.82, 2.24) is 10.2 Å². The Balaban J connectivity index is 1.73. The minimum Gasteiger partial charge on any atom is -0.456 e. The van der Waals surface area contributed by atoms with E-state index in [-0.39, 0.29) is 13.0 Å². The molecule has 1 saturated heterocycles. The van der Waals surface area contributed by atoms with E-state index in [2.05, 4.69) is 10.6 Å². The molecule has 2 rings (SSSR count). The van der Waals surface area contributed by atoms with E-state index in [1.54, 1.807) is 38.1 Å². The first kappa shape index (κ1) is 18.7. The Bertz CT molecular complexity index is 702. The van der Waals surface area contributed by atoms with E-state index in [1.807, 2.05) is 0 Å². The van der Waals surface area contributed by atoms with E-state index in [1.165, 1.54) is 0 Å². The van der Waals surface area contributed by atoms with Crippen LogP contribution in [0.2, 0.25) is 5.02 Å². The number of rotatable bonds is 6. The van der Waals surface area contributed by atoms with Gasteiger partial charge in [-0.25, -0.2) is 4.79 Å². The molecular formula is C16H18ClN3O5. The Kier molecular flexibility index (Phi) is 5.63. The van der Waals surface area contributed by atoms with Gasteiger partial charge >= 0.3 is 12.0 Å². The highest BCUT2D eigenvalue weighted by molar-refractivity contribution is 6.30. The molecule has 0 aliphatic carbocycles. The number of hydrogen-bond acceptors (Lipinski definition) is 5. The molecule has 2 N–H and O–H groups in total. The number of esters is 1. The second-order valence-corrected chi connectivity index (χ2v) is 6.41. The predicted molar refractivity (Wildman–Crippen MR) is 90.0 cm³/mol. The van der Waals surface area contributed by atoms with Crippen molar-refractivity contribution in [2.24, 2.45) is 0 Å². The number of hydrogen-bond donors (Lipinski definition) is 2. The molecule has 0 radical (unpaired) electrons. The number of ether oxygens (including phenoxy) is 1. The van der Waals surface area contributed by atoms with Crippen LogP contribution in [0.1, 0.15) is 20.3 Å². The van der Waals surface area contributed by atoms with Gasteiger partial charge in [-0.1, -0.05) is 11.6 Å². The largest absolute Gasteiger partial charge is 0.456 e. The van der Waals surface area contributed by atoms with Crippen LogP contribution >= 0.6 is 11.6 Å². The minimum atomic E-state index is -0.987. The highest BCUT2D eigenvalue weighted by Gasteiger charge is 2.44. The molecule has 1 aromatic carbocycles. The topological polar surface area (TPSA) is 105 Å². The van der Waals surface area contributed by atoms with Crippen molar-refractivity contribution in [3.05, 3.63) is 29.3 Å². The molecule has 1 heterocycles. The molecule has 1 aromatic rings. The summed E-state index contributed by atoms with van der Waals surface area (Å²) in [6, 6.07) is 5.90. The molecule has 8 nitrogen and oxygen atoms in total. The van der Waals surface area contributed by atoms with Gasteiger partial charge in [0.1, 0.15) is 5.54 Å². The zero-order chi connectivity index (χ0) is 18.6. The fourth-order valence-electron chi connectivity index (χ4n) is 2.17. The zero-order valence-corrected chi connectivity index (χ0v) is 14.6. The van der Waals surface area contributed by atoms with E-state index in [4.69, 9.17) is 16.3 Å². The molecule has 1 aliphatic heterocycles. The molecular weight excluding hydrogens is 350 g/mol. The fourth-order valence-corrected chi connectivity index (χ4v) is 2.30. The number of benzene rings is 1. The van der Waals surface area contributed by atoms with Crippen molar-refractivity contribution in [3.63, 3.8) is 0 Å². The van der Waals surface area contributed by atoms with E-state index >= 15 is 0 Å². The molecule has 0 spiro atoms. The minimum absolute atomic E-state index is 0.105. The fraction of sp³-hybridized carbons (Fsp3) is 0.375. The van der Waals surface area contributed by atoms with Gasteiger partial charge in [0.25, 0.3) is 11.8 Å². The zero-order valence-electron chi connectivity index (χ0n) is 13.8. The lowest BCUT2D eigenvalue weighted by atomic mass is 10.1. The normalized spacial score (nSPS) is 15.7. The maximum absolute atomic E-state index is 12.0. The first-order valence-corrected chi connectivity index (χ1v) is 7.92. The van der Waals surface area contributed by atoms with Crippen LogP contribution in [-0.4, -0.2) is 47.4 Å². The van der Waals surface area contributed by atoms with Crippen molar-refractivity contribution in [2.75, 3.05) is 18.5 Å². The maximum Gasteiger partial charge on any atom is 0.325 e. The third-order valence-corrected chi connectivity index (χ3v) is 3.73. The lowest BCUT2D eigenvalue weighted by Gasteiger charge is -2.15. The van der Waals surface area contributed by atoms with Gasteiger partial charge in [0, 0.05) is 17.3 Å². The van der Waals surface area contributed by atoms with Crippen molar-refractivity contribution >= 4 is 41.1 Å². The second kappa shape index (κ2) is 7.52. The molecule has 25 heavy (non-hydrogen) atoms. The van der Waals surface area contributed by atoms with Gasteiger partial charge in [-0.05, 0) is 38.1 Å². The summed E-state index contributed by atoms with van der Waals surface area (Å²) >= 11 is 5.74. The Morgan fingerprint density at radius 2 is 1.88 bits per heavy atom. The molecule has 0 bridgehead atoms. The monoisotopic (exact) mass is 367 g/mol. The van der Waals surface area contributed by atoms with Crippen LogP contribution in [0.5, 0.6) is 0 Å². The summed E-state index contributed by atoms with van der Waals surface area (Å²) in [4.78, 5) is 48.0. The highest BCUT2D eigenvalue weighted by atomic mass is 35.5. The maximum atomic E-state index is 12.0. The first-order chi connectivity index (χ1) is 11.7. The smallest absolute Gasteiger partial charge is 0.325 e. The van der Waals surface area contributed by atoms with Crippen LogP contribution < -0.4 is 10.6 Å². The molecule has 0 aromatic heterocycles. The van der Waals surface area contributed by atoms with E-state index in [0.717, 1.165) is 4.90 Å². The molecule has 9 heteroatoms. The lowest BCUT2D eigenvalue weighted by Crippen LogP contribution is -2.40. The molecule has 1 fully saturated rings. The van der Waals surface area contributed by atoms with Crippen molar-refractivity contribution in [2.45, 2.75) is 25.8 Å². The number of imide groups is 1. The summed E-state index contributed by atoms with van der Waals surface area (Å²) in [5.74, 6) is -1.60. The standard InChI is InChI=1S/C16H18ClN3O5/c1-16(2)14(23)20(15(24)19-16)8-7-13(22)25-9-12(21)18-11-5-3-10(17)4-6-11/h3-6H,7-9H2,1-2H3,(H,18,21)(H,19,24). The summed E-state index contributed by atoms with van der Waals surface area (Å²) in [6.45, 7) is 2.58. The number of nitrogens with one attached hydrogen (secondary N) is 2. The average molecular weight is 368 g/mol. The summed E-state index contributed by atoms with van der Waals surface area (Å²) in [6.07, 6.45) is -0.191. The van der Waals surface area contributed by atoms with Crippen molar-refractivity contribution in [1.29, 1.82) is 0 Å². The van der Waals surface area contributed by atoms with Gasteiger partial charge in [-0.15, -0.1) is 0 Å².